The van der Waals surface area contributed by atoms with E-state index in [0.717, 1.165) is 25.1 Å². The molecule has 0 bridgehead atoms. The number of carbonyl (C=O) groups excluding carboxylic acids is 1. The van der Waals surface area contributed by atoms with Gasteiger partial charge in [-0.3, -0.25) is 10.1 Å². The van der Waals surface area contributed by atoms with Gasteiger partial charge >= 0.3 is 0 Å². The van der Waals surface area contributed by atoms with Crippen LogP contribution in [0, 0.1) is 6.92 Å². The minimum absolute atomic E-state index is 0.00510. The van der Waals surface area contributed by atoms with Crippen molar-refractivity contribution in [2.45, 2.75) is 45.3 Å². The monoisotopic (exact) mass is 306 g/mol. The van der Waals surface area contributed by atoms with E-state index in [4.69, 9.17) is 0 Å². The minimum atomic E-state index is -0.438. The molecule has 2 atom stereocenters. The Balaban J connectivity index is 2.28. The number of nitrogens with one attached hydrogen (secondary N) is 1. The van der Waals surface area contributed by atoms with Crippen LogP contribution in [-0.4, -0.2) is 34.9 Å². The molecule has 1 amide bonds. The third kappa shape index (κ3) is 3.27. The quantitative estimate of drug-likeness (QED) is 0.818. The molecule has 116 valence electrons. The highest BCUT2D eigenvalue weighted by atomic mass is 32.2. The van der Waals surface area contributed by atoms with Gasteiger partial charge in [-0.05, 0) is 49.8 Å². The molecule has 1 aliphatic rings. The first kappa shape index (κ1) is 16.4. The van der Waals surface area contributed by atoms with Crippen LogP contribution < -0.4 is 5.32 Å². The number of aryl methyl sites for hydroxylation is 1. The lowest BCUT2D eigenvalue weighted by Crippen LogP contribution is -2.43. The largest absolute Gasteiger partial charge is 0.321 e. The molecule has 2 unspecified atom stereocenters. The molecule has 4 heteroatoms. The number of nitrogens with zero attached hydrogens (tertiary/aromatic N) is 1. The lowest BCUT2D eigenvalue weighted by Gasteiger charge is -2.25. The number of hydrogen-bond donors (Lipinski definition) is 1. The Bertz CT molecular complexity index is 505. The third-order valence-corrected chi connectivity index (χ3v) is 5.13. The maximum absolute atomic E-state index is 12.8. The lowest BCUT2D eigenvalue weighted by molar-refractivity contribution is -0.133. The average molecular weight is 306 g/mol. The predicted octanol–water partition coefficient (Wildman–Crippen LogP) is 3.35. The Kier molecular flexibility index (Phi) is 5.33. The highest BCUT2D eigenvalue weighted by molar-refractivity contribution is 7.98. The van der Waals surface area contributed by atoms with Gasteiger partial charge in [-0.25, -0.2) is 0 Å². The first-order valence-corrected chi connectivity index (χ1v) is 9.06. The van der Waals surface area contributed by atoms with Crippen LogP contribution >= 0.6 is 11.8 Å². The molecular weight excluding hydrogens is 280 g/mol. The molecule has 2 rings (SSSR count). The Hall–Kier alpha value is -1.00. The highest BCUT2D eigenvalue weighted by Gasteiger charge is 2.47. The fourth-order valence-electron chi connectivity index (χ4n) is 2.88. The maximum Gasteiger partial charge on any atom is 0.244 e. The fraction of sp³-hybridized carbons (Fsp3) is 0.588. The molecule has 0 radical (unpaired) electrons. The SMILES string of the molecule is CCC1(C)NC(c2ccccc2C)N(CCCSC)C1=O. The fourth-order valence-corrected chi connectivity index (χ4v) is 3.30. The number of rotatable bonds is 6. The molecule has 1 N–H and O–H groups in total. The number of carbonyl (C=O) groups is 1. The second-order valence-electron chi connectivity index (χ2n) is 5.93. The zero-order chi connectivity index (χ0) is 15.5. The van der Waals surface area contributed by atoms with E-state index in [-0.39, 0.29) is 12.1 Å². The van der Waals surface area contributed by atoms with E-state index < -0.39 is 5.54 Å². The van der Waals surface area contributed by atoms with Gasteiger partial charge < -0.3 is 4.90 Å². The summed E-state index contributed by atoms with van der Waals surface area (Å²) >= 11 is 1.83. The van der Waals surface area contributed by atoms with Gasteiger partial charge in [0, 0.05) is 6.54 Å². The van der Waals surface area contributed by atoms with Crippen molar-refractivity contribution in [3.05, 3.63) is 35.4 Å². The van der Waals surface area contributed by atoms with Crippen LogP contribution in [0.2, 0.25) is 0 Å². The summed E-state index contributed by atoms with van der Waals surface area (Å²) in [5, 5.41) is 3.57. The molecule has 0 aromatic heterocycles. The molecule has 1 aromatic carbocycles. The van der Waals surface area contributed by atoms with Gasteiger partial charge in [0.25, 0.3) is 0 Å². The van der Waals surface area contributed by atoms with Crippen molar-refractivity contribution < 1.29 is 4.79 Å². The van der Waals surface area contributed by atoms with Gasteiger partial charge in [0.15, 0.2) is 0 Å². The van der Waals surface area contributed by atoms with Gasteiger partial charge in [-0.1, -0.05) is 31.2 Å². The summed E-state index contributed by atoms with van der Waals surface area (Å²) in [5.41, 5.74) is 2.01. The Morgan fingerprint density at radius 2 is 2.10 bits per heavy atom. The number of hydrogen-bond acceptors (Lipinski definition) is 3. The van der Waals surface area contributed by atoms with Crippen LogP contribution in [0.15, 0.2) is 24.3 Å². The highest BCUT2D eigenvalue weighted by Crippen LogP contribution is 2.34. The molecule has 1 heterocycles. The van der Waals surface area contributed by atoms with Crippen molar-refractivity contribution in [2.24, 2.45) is 0 Å². The van der Waals surface area contributed by atoms with E-state index in [1.165, 1.54) is 11.1 Å². The van der Waals surface area contributed by atoms with Crippen molar-refractivity contribution in [1.29, 1.82) is 0 Å². The zero-order valence-electron chi connectivity index (χ0n) is 13.5. The van der Waals surface area contributed by atoms with Crippen molar-refractivity contribution in [3.8, 4) is 0 Å². The van der Waals surface area contributed by atoms with Crippen LogP contribution in [0.25, 0.3) is 0 Å². The first-order valence-electron chi connectivity index (χ1n) is 7.66. The summed E-state index contributed by atoms with van der Waals surface area (Å²) in [6.07, 6.45) is 3.97. The first-order chi connectivity index (χ1) is 10.0. The summed E-state index contributed by atoms with van der Waals surface area (Å²) in [5.74, 6) is 1.33. The van der Waals surface area contributed by atoms with E-state index in [9.17, 15) is 4.79 Å². The molecule has 0 aliphatic carbocycles. The molecule has 1 fully saturated rings. The van der Waals surface area contributed by atoms with E-state index in [2.05, 4.69) is 43.6 Å². The van der Waals surface area contributed by atoms with Gasteiger partial charge in [-0.2, -0.15) is 11.8 Å². The van der Waals surface area contributed by atoms with Gasteiger partial charge in [0.2, 0.25) is 5.91 Å². The van der Waals surface area contributed by atoms with Crippen LogP contribution in [0.1, 0.15) is 44.0 Å². The smallest absolute Gasteiger partial charge is 0.244 e. The van der Waals surface area contributed by atoms with E-state index in [1.807, 2.05) is 29.7 Å². The summed E-state index contributed by atoms with van der Waals surface area (Å²) < 4.78 is 0. The Labute approximate surface area is 132 Å². The van der Waals surface area contributed by atoms with Crippen molar-refractivity contribution in [3.63, 3.8) is 0 Å². The van der Waals surface area contributed by atoms with Crippen LogP contribution in [-0.2, 0) is 4.79 Å². The van der Waals surface area contributed by atoms with E-state index >= 15 is 0 Å². The van der Waals surface area contributed by atoms with Crippen molar-refractivity contribution in [1.82, 2.24) is 10.2 Å². The minimum Gasteiger partial charge on any atom is -0.321 e. The summed E-state index contributed by atoms with van der Waals surface area (Å²) in [4.78, 5) is 14.8. The molecule has 1 aliphatic heterocycles. The van der Waals surface area contributed by atoms with E-state index in [1.54, 1.807) is 0 Å². The number of thioether (sulfide) groups is 1. The predicted molar refractivity (Wildman–Crippen MR) is 90.5 cm³/mol. The summed E-state index contributed by atoms with van der Waals surface area (Å²) in [6, 6.07) is 8.34. The third-order valence-electron chi connectivity index (χ3n) is 4.44. The molecule has 0 spiro atoms. The van der Waals surface area contributed by atoms with Gasteiger partial charge in [-0.15, -0.1) is 0 Å². The van der Waals surface area contributed by atoms with Crippen molar-refractivity contribution in [2.75, 3.05) is 18.6 Å². The van der Waals surface area contributed by atoms with Crippen LogP contribution in [0.3, 0.4) is 0 Å². The second-order valence-corrected chi connectivity index (χ2v) is 6.92. The summed E-state index contributed by atoms with van der Waals surface area (Å²) in [7, 11) is 0. The Morgan fingerprint density at radius 1 is 1.38 bits per heavy atom. The van der Waals surface area contributed by atoms with Gasteiger partial charge in [0.05, 0.1) is 5.54 Å². The van der Waals surface area contributed by atoms with Crippen LogP contribution in [0.5, 0.6) is 0 Å². The van der Waals surface area contributed by atoms with Gasteiger partial charge in [0.1, 0.15) is 6.17 Å². The van der Waals surface area contributed by atoms with Crippen molar-refractivity contribution >= 4 is 17.7 Å². The standard InChI is InChI=1S/C17H26N2OS/c1-5-17(3)16(20)19(11-8-12-21-4)15(18-17)14-10-7-6-9-13(14)2/h6-7,9-10,15,18H,5,8,11-12H2,1-4H3. The topological polar surface area (TPSA) is 32.3 Å². The molecule has 1 aromatic rings. The average Bonchev–Trinajstić information content (AvgIpc) is 2.73. The normalized spacial score (nSPS) is 25.6. The molecule has 0 saturated carbocycles. The Morgan fingerprint density at radius 3 is 2.71 bits per heavy atom. The molecular formula is C17H26N2OS. The molecule has 1 saturated heterocycles. The van der Waals surface area contributed by atoms with E-state index in [0.29, 0.717) is 0 Å². The lowest BCUT2D eigenvalue weighted by atomic mass is 9.99. The summed E-state index contributed by atoms with van der Waals surface area (Å²) in [6.45, 7) is 7.03. The number of amides is 1. The second kappa shape index (κ2) is 6.84. The van der Waals surface area contributed by atoms with Crippen LogP contribution in [0.4, 0.5) is 0 Å². The number of benzene rings is 1. The molecule has 21 heavy (non-hydrogen) atoms. The maximum atomic E-state index is 12.8. The molecule has 3 nitrogen and oxygen atoms in total. The zero-order valence-corrected chi connectivity index (χ0v) is 14.3.